The van der Waals surface area contributed by atoms with E-state index in [-0.39, 0.29) is 5.29 Å². The lowest BCUT2D eigenvalue weighted by atomic mass is 10.2. The summed E-state index contributed by atoms with van der Waals surface area (Å²) in [6.07, 6.45) is -2.99. The molecule has 2 atom stereocenters. The zero-order valence-corrected chi connectivity index (χ0v) is 14.2. The largest absolute Gasteiger partial charge is 0.394 e. The molecule has 0 aliphatic rings. The maximum absolute atomic E-state index is 11.9. The first kappa shape index (κ1) is 17.8. The molecule has 0 rings (SSSR count). The Morgan fingerprint density at radius 2 is 1.44 bits per heavy atom. The standard InChI is InChI=1S/C11H27NO4Si2/c1-17(2,3)11(18(4,5)6)12-10(16)9(15)8(14)7-13/h8-9,11,13-15H,7H2,1-6H3,(H,12,16). The van der Waals surface area contributed by atoms with Gasteiger partial charge in [0.2, 0.25) is 0 Å². The Kier molecular flexibility index (Phi) is 6.21. The first-order valence-electron chi connectivity index (χ1n) is 6.18. The highest BCUT2D eigenvalue weighted by molar-refractivity contribution is 6.96. The quantitative estimate of drug-likeness (QED) is 0.517. The average molecular weight is 294 g/mol. The van der Waals surface area contributed by atoms with Crippen molar-refractivity contribution in [3.05, 3.63) is 0 Å². The van der Waals surface area contributed by atoms with Crippen LogP contribution in [0.5, 0.6) is 0 Å². The molecule has 0 fully saturated rings. The molecule has 0 bridgehead atoms. The van der Waals surface area contributed by atoms with E-state index in [9.17, 15) is 15.0 Å². The smallest absolute Gasteiger partial charge is 0.251 e. The summed E-state index contributed by atoms with van der Waals surface area (Å²) in [6.45, 7) is 12.4. The molecular weight excluding hydrogens is 266 g/mol. The van der Waals surface area contributed by atoms with Crippen molar-refractivity contribution in [2.75, 3.05) is 6.61 Å². The van der Waals surface area contributed by atoms with Crippen LogP contribution in [0, 0.1) is 0 Å². The fourth-order valence-electron chi connectivity index (χ4n) is 2.23. The molecule has 0 saturated heterocycles. The minimum Gasteiger partial charge on any atom is -0.394 e. The molecule has 0 aromatic heterocycles. The van der Waals surface area contributed by atoms with Crippen molar-refractivity contribution in [1.29, 1.82) is 0 Å². The van der Waals surface area contributed by atoms with Gasteiger partial charge in [-0.25, -0.2) is 0 Å². The molecule has 108 valence electrons. The van der Waals surface area contributed by atoms with E-state index in [2.05, 4.69) is 44.6 Å². The summed E-state index contributed by atoms with van der Waals surface area (Å²) in [6, 6.07) is 0. The molecule has 0 aliphatic heterocycles. The number of hydrogen-bond donors (Lipinski definition) is 4. The Labute approximate surface area is 111 Å². The zero-order chi connectivity index (χ0) is 14.7. The lowest BCUT2D eigenvalue weighted by Crippen LogP contribution is -2.65. The van der Waals surface area contributed by atoms with Crippen molar-refractivity contribution >= 4 is 22.1 Å². The molecule has 7 heteroatoms. The van der Waals surface area contributed by atoms with E-state index in [0.717, 1.165) is 0 Å². The summed E-state index contributed by atoms with van der Waals surface area (Å²) in [5, 5.41) is 30.6. The van der Waals surface area contributed by atoms with Crippen molar-refractivity contribution in [2.45, 2.75) is 56.8 Å². The lowest BCUT2D eigenvalue weighted by Gasteiger charge is -2.39. The van der Waals surface area contributed by atoms with E-state index in [1.54, 1.807) is 0 Å². The molecule has 0 saturated carbocycles. The van der Waals surface area contributed by atoms with Crippen LogP contribution in [-0.4, -0.2) is 61.5 Å². The molecule has 18 heavy (non-hydrogen) atoms. The summed E-state index contributed by atoms with van der Waals surface area (Å²) < 4.78 is 0. The van der Waals surface area contributed by atoms with Gasteiger partial charge in [0, 0.05) is 5.29 Å². The summed E-state index contributed by atoms with van der Waals surface area (Å²) in [5.41, 5.74) is 0. The number of nitrogens with one attached hydrogen (secondary N) is 1. The van der Waals surface area contributed by atoms with Gasteiger partial charge < -0.3 is 20.6 Å². The second-order valence-electron chi connectivity index (χ2n) is 6.87. The molecule has 4 N–H and O–H groups in total. The van der Waals surface area contributed by atoms with Gasteiger partial charge in [0.25, 0.3) is 5.91 Å². The van der Waals surface area contributed by atoms with Crippen molar-refractivity contribution in [2.24, 2.45) is 0 Å². The van der Waals surface area contributed by atoms with Crippen LogP contribution in [0.25, 0.3) is 0 Å². The van der Waals surface area contributed by atoms with Gasteiger partial charge in [-0.3, -0.25) is 4.79 Å². The van der Waals surface area contributed by atoms with Gasteiger partial charge in [0.15, 0.2) is 6.10 Å². The number of hydrogen-bond acceptors (Lipinski definition) is 4. The van der Waals surface area contributed by atoms with Gasteiger partial charge in [0.1, 0.15) is 6.10 Å². The Morgan fingerprint density at radius 3 is 1.72 bits per heavy atom. The summed E-state index contributed by atoms with van der Waals surface area (Å²) in [5.74, 6) is -0.591. The van der Waals surface area contributed by atoms with Gasteiger partial charge >= 0.3 is 0 Å². The van der Waals surface area contributed by atoms with E-state index in [1.807, 2.05) is 0 Å². The fraction of sp³-hybridized carbons (Fsp3) is 0.909. The minimum absolute atomic E-state index is 0.109. The highest BCUT2D eigenvalue weighted by atomic mass is 28.4. The first-order chi connectivity index (χ1) is 7.91. The molecule has 0 radical (unpaired) electrons. The number of aliphatic hydroxyl groups is 3. The van der Waals surface area contributed by atoms with Crippen LogP contribution in [0.1, 0.15) is 0 Å². The van der Waals surface area contributed by atoms with Crippen LogP contribution in [0.2, 0.25) is 39.3 Å². The molecule has 1 amide bonds. The van der Waals surface area contributed by atoms with Crippen LogP contribution in [0.3, 0.4) is 0 Å². The topological polar surface area (TPSA) is 89.8 Å². The van der Waals surface area contributed by atoms with Crippen LogP contribution in [0.15, 0.2) is 0 Å². The summed E-state index contributed by atoms with van der Waals surface area (Å²) >= 11 is 0. The normalized spacial score (nSPS) is 16.6. The molecule has 0 aliphatic carbocycles. The Bertz CT molecular complexity index is 272. The maximum Gasteiger partial charge on any atom is 0.251 e. The third kappa shape index (κ3) is 5.19. The minimum atomic E-state index is -1.60. The first-order valence-corrected chi connectivity index (χ1v) is 13.3. The van der Waals surface area contributed by atoms with E-state index in [4.69, 9.17) is 5.11 Å². The number of carbonyl (C=O) groups excluding carboxylic acids is 1. The van der Waals surface area contributed by atoms with E-state index in [1.165, 1.54) is 0 Å². The number of aliphatic hydroxyl groups excluding tert-OH is 3. The van der Waals surface area contributed by atoms with E-state index >= 15 is 0 Å². The third-order valence-electron chi connectivity index (χ3n) is 2.84. The van der Waals surface area contributed by atoms with Crippen molar-refractivity contribution in [3.8, 4) is 0 Å². The second-order valence-corrected chi connectivity index (χ2v) is 18.1. The predicted octanol–water partition coefficient (Wildman–Crippen LogP) is -0.0599. The summed E-state index contributed by atoms with van der Waals surface area (Å²) in [4.78, 5) is 11.9. The van der Waals surface area contributed by atoms with Crippen LogP contribution < -0.4 is 5.32 Å². The number of amides is 1. The number of carbonyl (C=O) groups is 1. The van der Waals surface area contributed by atoms with Crippen LogP contribution in [-0.2, 0) is 4.79 Å². The SMILES string of the molecule is C[Si](C)(C)C(NC(=O)C(O)C(O)CO)[Si](C)(C)C. The van der Waals surface area contributed by atoms with E-state index < -0.39 is 40.9 Å². The molecule has 5 nitrogen and oxygen atoms in total. The molecule has 0 aromatic rings. The summed E-state index contributed by atoms with van der Waals surface area (Å²) in [7, 11) is -3.20. The molecule has 2 unspecified atom stereocenters. The van der Waals surface area contributed by atoms with Gasteiger partial charge in [-0.15, -0.1) is 0 Å². The Hall–Kier alpha value is -0.216. The molecule has 0 heterocycles. The van der Waals surface area contributed by atoms with E-state index in [0.29, 0.717) is 0 Å². The van der Waals surface area contributed by atoms with Gasteiger partial charge in [-0.05, 0) is 0 Å². The Morgan fingerprint density at radius 1 is 1.06 bits per heavy atom. The predicted molar refractivity (Wildman–Crippen MR) is 77.7 cm³/mol. The van der Waals surface area contributed by atoms with Gasteiger partial charge in [-0.1, -0.05) is 39.3 Å². The third-order valence-corrected chi connectivity index (χ3v) is 11.8. The maximum atomic E-state index is 11.9. The van der Waals surface area contributed by atoms with Crippen LogP contribution >= 0.6 is 0 Å². The zero-order valence-electron chi connectivity index (χ0n) is 12.2. The van der Waals surface area contributed by atoms with Crippen molar-refractivity contribution in [3.63, 3.8) is 0 Å². The Balaban J connectivity index is 4.87. The fourth-order valence-corrected chi connectivity index (χ4v) is 13.8. The molecular formula is C11H27NO4Si2. The average Bonchev–Trinajstić information content (AvgIpc) is 2.19. The van der Waals surface area contributed by atoms with Gasteiger partial charge in [-0.2, -0.15) is 0 Å². The second kappa shape index (κ2) is 6.29. The molecule has 0 spiro atoms. The van der Waals surface area contributed by atoms with Crippen LogP contribution in [0.4, 0.5) is 0 Å². The number of rotatable bonds is 6. The van der Waals surface area contributed by atoms with Gasteiger partial charge in [0.05, 0.1) is 22.8 Å². The van der Waals surface area contributed by atoms with Crippen molar-refractivity contribution < 1.29 is 20.1 Å². The lowest BCUT2D eigenvalue weighted by molar-refractivity contribution is -0.136. The molecule has 0 aromatic carbocycles. The highest BCUT2D eigenvalue weighted by Gasteiger charge is 2.40. The monoisotopic (exact) mass is 293 g/mol. The highest BCUT2D eigenvalue weighted by Crippen LogP contribution is 2.19. The van der Waals surface area contributed by atoms with Crippen molar-refractivity contribution in [1.82, 2.24) is 5.32 Å².